The van der Waals surface area contributed by atoms with E-state index in [0.29, 0.717) is 12.1 Å². The number of anilines is 1. The first-order valence-corrected chi connectivity index (χ1v) is 8.68. The van der Waals surface area contributed by atoms with Crippen molar-refractivity contribution in [3.05, 3.63) is 16.5 Å². The Kier molecular flexibility index (Phi) is 4.23. The molecule has 4 nitrogen and oxygen atoms in total. The van der Waals surface area contributed by atoms with Crippen LogP contribution in [0.15, 0.2) is 10.7 Å². The third-order valence-corrected chi connectivity index (χ3v) is 4.78. The minimum absolute atomic E-state index is 0.0449. The Morgan fingerprint density at radius 2 is 2.00 bits per heavy atom. The molecule has 1 saturated carbocycles. The van der Waals surface area contributed by atoms with E-state index in [1.54, 1.807) is 0 Å². The van der Waals surface area contributed by atoms with E-state index in [9.17, 15) is 0 Å². The third kappa shape index (κ3) is 3.24. The molecule has 0 spiro atoms. The second kappa shape index (κ2) is 5.84. The van der Waals surface area contributed by atoms with E-state index in [2.05, 4.69) is 46.6 Å². The largest absolute Gasteiger partial charge is 0.374 e. The first kappa shape index (κ1) is 15.2. The van der Waals surface area contributed by atoms with E-state index < -0.39 is 0 Å². The molecule has 0 bridgehead atoms. The lowest BCUT2D eigenvalue weighted by molar-refractivity contribution is -0.00902. The van der Waals surface area contributed by atoms with Gasteiger partial charge in [-0.2, -0.15) is 0 Å². The minimum Gasteiger partial charge on any atom is -0.374 e. The van der Waals surface area contributed by atoms with Gasteiger partial charge in [0.2, 0.25) is 0 Å². The van der Waals surface area contributed by atoms with Gasteiger partial charge in [0.1, 0.15) is 16.2 Å². The summed E-state index contributed by atoms with van der Waals surface area (Å²) in [4.78, 5) is 11.8. The number of fused-ring (bicyclic) bond motifs is 1. The molecule has 0 aromatic carbocycles. The SMILES string of the molecule is CC(C)(C)c1nc(Br)cc(N2CCOC3CCCCC32)n1. The fourth-order valence-electron chi connectivity index (χ4n) is 3.27. The van der Waals surface area contributed by atoms with Crippen molar-refractivity contribution in [3.63, 3.8) is 0 Å². The second-order valence-electron chi connectivity index (χ2n) is 7.08. The van der Waals surface area contributed by atoms with Crippen LogP contribution in [-0.2, 0) is 10.2 Å². The Morgan fingerprint density at radius 3 is 2.76 bits per heavy atom. The molecule has 2 atom stereocenters. The van der Waals surface area contributed by atoms with Crippen molar-refractivity contribution in [2.24, 2.45) is 0 Å². The second-order valence-corrected chi connectivity index (χ2v) is 7.89. The van der Waals surface area contributed by atoms with E-state index in [1.807, 2.05) is 6.07 Å². The third-order valence-electron chi connectivity index (χ3n) is 4.38. The number of halogens is 1. The van der Waals surface area contributed by atoms with Crippen LogP contribution < -0.4 is 4.90 Å². The molecule has 1 aromatic heterocycles. The molecule has 0 N–H and O–H groups in total. The van der Waals surface area contributed by atoms with Gasteiger partial charge in [-0.25, -0.2) is 9.97 Å². The first-order valence-electron chi connectivity index (χ1n) is 7.88. The molecule has 2 heterocycles. The van der Waals surface area contributed by atoms with Gasteiger partial charge < -0.3 is 9.64 Å². The zero-order valence-electron chi connectivity index (χ0n) is 13.1. The molecule has 21 heavy (non-hydrogen) atoms. The fraction of sp³-hybridized carbons (Fsp3) is 0.750. The summed E-state index contributed by atoms with van der Waals surface area (Å²) < 4.78 is 6.84. The zero-order chi connectivity index (χ0) is 15.0. The zero-order valence-corrected chi connectivity index (χ0v) is 14.7. The van der Waals surface area contributed by atoms with E-state index in [1.165, 1.54) is 25.7 Å². The van der Waals surface area contributed by atoms with Crippen LogP contribution in [0.25, 0.3) is 0 Å². The molecule has 116 valence electrons. The van der Waals surface area contributed by atoms with Crippen LogP contribution in [0.5, 0.6) is 0 Å². The Labute approximate surface area is 135 Å². The van der Waals surface area contributed by atoms with Gasteiger partial charge in [0, 0.05) is 18.0 Å². The Balaban J connectivity index is 1.93. The molecule has 2 fully saturated rings. The first-order chi connectivity index (χ1) is 9.95. The van der Waals surface area contributed by atoms with Crippen molar-refractivity contribution in [3.8, 4) is 0 Å². The molecule has 0 radical (unpaired) electrons. The van der Waals surface area contributed by atoms with Crippen LogP contribution in [-0.4, -0.2) is 35.3 Å². The van der Waals surface area contributed by atoms with E-state index in [-0.39, 0.29) is 5.41 Å². The van der Waals surface area contributed by atoms with Gasteiger partial charge in [-0.15, -0.1) is 0 Å². The lowest BCUT2D eigenvalue weighted by Gasteiger charge is -2.44. The van der Waals surface area contributed by atoms with Gasteiger partial charge in [-0.3, -0.25) is 0 Å². The average Bonchev–Trinajstić information content (AvgIpc) is 2.45. The predicted molar refractivity (Wildman–Crippen MR) is 87.8 cm³/mol. The average molecular weight is 354 g/mol. The van der Waals surface area contributed by atoms with Crippen molar-refractivity contribution in [1.82, 2.24) is 9.97 Å². The molecule has 2 aliphatic rings. The van der Waals surface area contributed by atoms with Gasteiger partial charge in [0.15, 0.2) is 0 Å². The predicted octanol–water partition coefficient (Wildman–Crippen LogP) is 3.68. The van der Waals surface area contributed by atoms with Crippen LogP contribution in [0.3, 0.4) is 0 Å². The maximum atomic E-state index is 5.96. The Hall–Kier alpha value is -0.680. The summed E-state index contributed by atoms with van der Waals surface area (Å²) in [5, 5.41) is 0. The number of nitrogens with zero attached hydrogens (tertiary/aromatic N) is 3. The van der Waals surface area contributed by atoms with Gasteiger partial charge in [-0.05, 0) is 28.8 Å². The van der Waals surface area contributed by atoms with E-state index >= 15 is 0 Å². The van der Waals surface area contributed by atoms with Crippen LogP contribution in [0, 0.1) is 0 Å². The molecule has 5 heteroatoms. The molecule has 3 rings (SSSR count). The smallest absolute Gasteiger partial charge is 0.137 e. The maximum Gasteiger partial charge on any atom is 0.137 e. The highest BCUT2D eigenvalue weighted by molar-refractivity contribution is 9.10. The lowest BCUT2D eigenvalue weighted by atomic mass is 9.90. The highest BCUT2D eigenvalue weighted by atomic mass is 79.9. The summed E-state index contributed by atoms with van der Waals surface area (Å²) >= 11 is 3.55. The van der Waals surface area contributed by atoms with Crippen molar-refractivity contribution in [1.29, 1.82) is 0 Å². The highest BCUT2D eigenvalue weighted by Gasteiger charge is 2.35. The molecule has 2 unspecified atom stereocenters. The summed E-state index contributed by atoms with van der Waals surface area (Å²) in [5.41, 5.74) is -0.0449. The molecular weight excluding hydrogens is 330 g/mol. The van der Waals surface area contributed by atoms with Crippen LogP contribution >= 0.6 is 15.9 Å². The summed E-state index contributed by atoms with van der Waals surface area (Å²) in [6.45, 7) is 8.19. The van der Waals surface area contributed by atoms with E-state index in [4.69, 9.17) is 9.72 Å². The van der Waals surface area contributed by atoms with Gasteiger partial charge in [-0.1, -0.05) is 33.6 Å². The molecule has 0 amide bonds. The maximum absolute atomic E-state index is 5.96. The minimum atomic E-state index is -0.0449. The highest BCUT2D eigenvalue weighted by Crippen LogP contribution is 2.33. The van der Waals surface area contributed by atoms with Gasteiger partial charge in [0.25, 0.3) is 0 Å². The number of hydrogen-bond acceptors (Lipinski definition) is 4. The van der Waals surface area contributed by atoms with Crippen LogP contribution in [0.4, 0.5) is 5.82 Å². The molecule has 1 aliphatic heterocycles. The van der Waals surface area contributed by atoms with Crippen molar-refractivity contribution < 1.29 is 4.74 Å². The molecule has 1 aliphatic carbocycles. The van der Waals surface area contributed by atoms with E-state index in [0.717, 1.165) is 29.4 Å². The number of rotatable bonds is 1. The summed E-state index contributed by atoms with van der Waals surface area (Å²) in [6, 6.07) is 2.52. The van der Waals surface area contributed by atoms with Crippen LogP contribution in [0.1, 0.15) is 52.3 Å². The van der Waals surface area contributed by atoms with Gasteiger partial charge in [0.05, 0.1) is 18.8 Å². The molecule has 1 saturated heterocycles. The summed E-state index contributed by atoms with van der Waals surface area (Å²) in [7, 11) is 0. The van der Waals surface area contributed by atoms with Crippen molar-refractivity contribution in [2.45, 2.75) is 64.0 Å². The number of hydrogen-bond donors (Lipinski definition) is 0. The van der Waals surface area contributed by atoms with Crippen molar-refractivity contribution >= 4 is 21.7 Å². The Morgan fingerprint density at radius 1 is 1.24 bits per heavy atom. The normalized spacial score (nSPS) is 26.6. The van der Waals surface area contributed by atoms with Gasteiger partial charge >= 0.3 is 0 Å². The number of ether oxygens (including phenoxy) is 1. The number of aromatic nitrogens is 2. The standard InChI is InChI=1S/C16H24BrN3O/c1-16(2,3)15-18-13(17)10-14(19-15)20-8-9-21-12-7-5-4-6-11(12)20/h10-12H,4-9H2,1-3H3. The van der Waals surface area contributed by atoms with Crippen LogP contribution in [0.2, 0.25) is 0 Å². The quantitative estimate of drug-likeness (QED) is 0.721. The lowest BCUT2D eigenvalue weighted by Crippen LogP contribution is -2.53. The topological polar surface area (TPSA) is 38.2 Å². The monoisotopic (exact) mass is 353 g/mol. The molecular formula is C16H24BrN3O. The molecule has 1 aromatic rings. The summed E-state index contributed by atoms with van der Waals surface area (Å²) in [6.07, 6.45) is 5.34. The van der Waals surface area contributed by atoms with Crippen molar-refractivity contribution in [2.75, 3.05) is 18.1 Å². The Bertz CT molecular complexity index is 513. The summed E-state index contributed by atoms with van der Waals surface area (Å²) in [5.74, 6) is 1.94. The number of morpholine rings is 1. The fourth-order valence-corrected chi connectivity index (χ4v) is 3.64.